The van der Waals surface area contributed by atoms with Crippen molar-refractivity contribution in [3.8, 4) is 5.75 Å². The van der Waals surface area contributed by atoms with Crippen LogP contribution in [0, 0.1) is 3.57 Å². The molecule has 0 fully saturated rings. The van der Waals surface area contributed by atoms with Gasteiger partial charge in [-0.1, -0.05) is 30.3 Å². The Morgan fingerprint density at radius 2 is 1.68 bits per heavy atom. The Hall–Kier alpha value is -2.17. The van der Waals surface area contributed by atoms with Crippen molar-refractivity contribution in [2.45, 2.75) is 6.61 Å². The summed E-state index contributed by atoms with van der Waals surface area (Å²) in [5.74, 6) is -1.14. The normalized spacial score (nSPS) is 11.1. The molecule has 5 nitrogen and oxygen atoms in total. The topological polar surface area (TPSA) is 75.6 Å². The molecule has 0 aliphatic rings. The lowest BCUT2D eigenvalue weighted by molar-refractivity contribution is -0.132. The molecule has 0 spiro atoms. The Morgan fingerprint density at radius 3 is 2.29 bits per heavy atom. The average molecular weight is 657 g/mol. The van der Waals surface area contributed by atoms with Gasteiger partial charge >= 0.3 is 5.97 Å². The molecular formula is C23H16Br2INO4. The molecule has 3 rings (SSSR count). The van der Waals surface area contributed by atoms with E-state index in [9.17, 15) is 14.7 Å². The number of aliphatic carboxylic acids is 1. The molecule has 0 aliphatic carbocycles. The molecule has 2 N–H and O–H groups in total. The van der Waals surface area contributed by atoms with Gasteiger partial charge in [0, 0.05) is 9.13 Å². The average Bonchev–Trinajstić information content (AvgIpc) is 2.73. The van der Waals surface area contributed by atoms with Crippen LogP contribution in [0.1, 0.15) is 21.5 Å². The first-order valence-corrected chi connectivity index (χ1v) is 11.7. The standard InChI is InChI=1S/C23H16Br2INO4/c24-18-10-15(11-19(25)21(18)31-13-14-5-4-8-17(26)9-14)12-20(23(29)30)27-22(28)16-6-2-1-3-7-16/h1-12H,13H2,(H,27,28)(H,29,30). The summed E-state index contributed by atoms with van der Waals surface area (Å²) in [6.07, 6.45) is 1.39. The summed E-state index contributed by atoms with van der Waals surface area (Å²) in [6.45, 7) is 0.386. The molecule has 0 saturated heterocycles. The second kappa shape index (κ2) is 10.9. The number of hydrogen-bond acceptors (Lipinski definition) is 3. The summed E-state index contributed by atoms with van der Waals surface area (Å²) < 4.78 is 8.36. The molecule has 0 atom stereocenters. The first kappa shape index (κ1) is 23.5. The second-order valence-corrected chi connectivity index (χ2v) is 9.37. The van der Waals surface area contributed by atoms with Crippen LogP contribution in [0.15, 0.2) is 81.4 Å². The summed E-state index contributed by atoms with van der Waals surface area (Å²) in [4.78, 5) is 24.0. The van der Waals surface area contributed by atoms with Crippen LogP contribution in [0.2, 0.25) is 0 Å². The van der Waals surface area contributed by atoms with Gasteiger partial charge in [-0.25, -0.2) is 4.79 Å². The third-order valence-corrected chi connectivity index (χ3v) is 5.97. The monoisotopic (exact) mass is 655 g/mol. The maximum Gasteiger partial charge on any atom is 0.352 e. The van der Waals surface area contributed by atoms with Crippen molar-refractivity contribution in [1.82, 2.24) is 5.32 Å². The van der Waals surface area contributed by atoms with Crippen molar-refractivity contribution >= 4 is 72.4 Å². The highest BCUT2D eigenvalue weighted by atomic mass is 127. The lowest BCUT2D eigenvalue weighted by Gasteiger charge is -2.12. The summed E-state index contributed by atoms with van der Waals surface area (Å²) in [6, 6.07) is 19.9. The highest BCUT2D eigenvalue weighted by molar-refractivity contribution is 14.1. The molecular weight excluding hydrogens is 641 g/mol. The Bertz CT molecular complexity index is 1130. The molecule has 0 heterocycles. The number of rotatable bonds is 7. The predicted molar refractivity (Wildman–Crippen MR) is 135 cm³/mol. The fourth-order valence-corrected chi connectivity index (χ4v) is 4.74. The predicted octanol–water partition coefficient (Wildman–Crippen LogP) is 6.25. The Kier molecular flexibility index (Phi) is 8.28. The minimum Gasteiger partial charge on any atom is -0.487 e. The van der Waals surface area contributed by atoms with Crippen LogP contribution < -0.4 is 10.1 Å². The zero-order valence-electron chi connectivity index (χ0n) is 15.9. The minimum absolute atomic E-state index is 0.236. The third-order valence-electron chi connectivity index (χ3n) is 4.12. The zero-order chi connectivity index (χ0) is 22.4. The van der Waals surface area contributed by atoms with E-state index in [1.807, 2.05) is 24.3 Å². The number of benzene rings is 3. The van der Waals surface area contributed by atoms with E-state index in [1.54, 1.807) is 42.5 Å². The fraction of sp³-hybridized carbons (Fsp3) is 0.0435. The molecule has 31 heavy (non-hydrogen) atoms. The van der Waals surface area contributed by atoms with E-state index in [0.717, 1.165) is 9.13 Å². The van der Waals surface area contributed by atoms with Gasteiger partial charge in [-0.05, 0) is 108 Å². The van der Waals surface area contributed by atoms with Crippen molar-refractivity contribution in [2.24, 2.45) is 0 Å². The van der Waals surface area contributed by atoms with Crippen molar-refractivity contribution in [2.75, 3.05) is 0 Å². The molecule has 0 radical (unpaired) electrons. The maximum absolute atomic E-state index is 12.3. The van der Waals surface area contributed by atoms with Crippen LogP contribution in [0.5, 0.6) is 5.75 Å². The number of amides is 1. The highest BCUT2D eigenvalue weighted by Gasteiger charge is 2.15. The molecule has 0 aliphatic heterocycles. The summed E-state index contributed by atoms with van der Waals surface area (Å²) in [5.41, 5.74) is 1.74. The van der Waals surface area contributed by atoms with Gasteiger partial charge in [0.1, 0.15) is 18.1 Å². The first-order chi connectivity index (χ1) is 14.8. The maximum atomic E-state index is 12.3. The van der Waals surface area contributed by atoms with Crippen molar-refractivity contribution in [3.63, 3.8) is 0 Å². The molecule has 158 valence electrons. The summed E-state index contributed by atoms with van der Waals surface area (Å²) >= 11 is 9.21. The van der Waals surface area contributed by atoms with Gasteiger partial charge in [-0.2, -0.15) is 0 Å². The Balaban J connectivity index is 1.80. The third kappa shape index (κ3) is 6.65. The lowest BCUT2D eigenvalue weighted by Crippen LogP contribution is -2.27. The smallest absolute Gasteiger partial charge is 0.352 e. The van der Waals surface area contributed by atoms with Crippen LogP contribution >= 0.6 is 54.5 Å². The highest BCUT2D eigenvalue weighted by Crippen LogP contribution is 2.36. The van der Waals surface area contributed by atoms with E-state index >= 15 is 0 Å². The lowest BCUT2D eigenvalue weighted by atomic mass is 10.1. The molecule has 0 aromatic heterocycles. The van der Waals surface area contributed by atoms with E-state index in [-0.39, 0.29) is 5.70 Å². The molecule has 0 saturated carbocycles. The number of carbonyl (C=O) groups excluding carboxylic acids is 1. The molecule has 1 amide bonds. The number of nitrogens with one attached hydrogen (secondary N) is 1. The molecule has 3 aromatic carbocycles. The van der Waals surface area contributed by atoms with E-state index < -0.39 is 11.9 Å². The van der Waals surface area contributed by atoms with E-state index in [2.05, 4.69) is 59.8 Å². The van der Waals surface area contributed by atoms with Crippen molar-refractivity contribution in [3.05, 3.63) is 102 Å². The SMILES string of the molecule is O=C(O)C(=Cc1cc(Br)c(OCc2cccc(I)c2)c(Br)c1)NC(=O)c1ccccc1. The van der Waals surface area contributed by atoms with Crippen LogP contribution in [-0.2, 0) is 11.4 Å². The summed E-state index contributed by atoms with van der Waals surface area (Å²) in [5, 5.41) is 12.0. The Morgan fingerprint density at radius 1 is 1.00 bits per heavy atom. The van der Waals surface area contributed by atoms with Crippen molar-refractivity contribution in [1.29, 1.82) is 0 Å². The number of halogens is 3. The fourth-order valence-electron chi connectivity index (χ4n) is 2.68. The largest absolute Gasteiger partial charge is 0.487 e. The van der Waals surface area contributed by atoms with Crippen LogP contribution in [0.25, 0.3) is 6.08 Å². The number of carboxylic acid groups (broad SMARTS) is 1. The van der Waals surface area contributed by atoms with Gasteiger partial charge in [-0.3, -0.25) is 4.79 Å². The van der Waals surface area contributed by atoms with Gasteiger partial charge < -0.3 is 15.2 Å². The van der Waals surface area contributed by atoms with Gasteiger partial charge in [-0.15, -0.1) is 0 Å². The van der Waals surface area contributed by atoms with Crippen LogP contribution in [0.3, 0.4) is 0 Å². The van der Waals surface area contributed by atoms with Gasteiger partial charge in [0.05, 0.1) is 8.95 Å². The quantitative estimate of drug-likeness (QED) is 0.233. The molecule has 0 unspecified atom stereocenters. The van der Waals surface area contributed by atoms with Gasteiger partial charge in [0.25, 0.3) is 5.91 Å². The molecule has 3 aromatic rings. The first-order valence-electron chi connectivity index (χ1n) is 9.01. The van der Waals surface area contributed by atoms with E-state index in [1.165, 1.54) is 6.08 Å². The number of carbonyl (C=O) groups is 2. The number of carboxylic acids is 1. The Labute approximate surface area is 209 Å². The summed E-state index contributed by atoms with van der Waals surface area (Å²) in [7, 11) is 0. The second-order valence-electron chi connectivity index (χ2n) is 6.42. The van der Waals surface area contributed by atoms with Gasteiger partial charge in [0.15, 0.2) is 0 Å². The van der Waals surface area contributed by atoms with Crippen LogP contribution in [0.4, 0.5) is 0 Å². The minimum atomic E-state index is -1.24. The van der Waals surface area contributed by atoms with E-state index in [4.69, 9.17) is 4.74 Å². The molecule has 8 heteroatoms. The number of hydrogen-bond donors (Lipinski definition) is 2. The number of ether oxygens (including phenoxy) is 1. The molecule has 0 bridgehead atoms. The zero-order valence-corrected chi connectivity index (χ0v) is 21.3. The van der Waals surface area contributed by atoms with Crippen LogP contribution in [-0.4, -0.2) is 17.0 Å². The van der Waals surface area contributed by atoms with Crippen molar-refractivity contribution < 1.29 is 19.4 Å². The van der Waals surface area contributed by atoms with Gasteiger partial charge in [0.2, 0.25) is 0 Å². The van der Waals surface area contributed by atoms with E-state index in [0.29, 0.717) is 32.4 Å².